The molecule has 0 atom stereocenters. The van der Waals surface area contributed by atoms with Crippen molar-refractivity contribution in [2.75, 3.05) is 26.7 Å². The molecular weight excluding hydrogens is 134 g/mol. The van der Waals surface area contributed by atoms with E-state index in [0.29, 0.717) is 0 Å². The summed E-state index contributed by atoms with van der Waals surface area (Å²) in [4.78, 5) is 0. The van der Waals surface area contributed by atoms with E-state index >= 15 is 0 Å². The van der Waals surface area contributed by atoms with Crippen molar-refractivity contribution in [2.24, 2.45) is 0 Å². The molecule has 0 radical (unpaired) electrons. The van der Waals surface area contributed by atoms with Gasteiger partial charge in [0.25, 0.3) is 0 Å². The van der Waals surface area contributed by atoms with E-state index < -0.39 is 0 Å². The molecule has 0 spiro atoms. The van der Waals surface area contributed by atoms with E-state index in [-0.39, 0.29) is 7.43 Å². The van der Waals surface area contributed by atoms with Gasteiger partial charge in [-0.25, -0.2) is 0 Å². The topological polar surface area (TPSA) is 0 Å². The summed E-state index contributed by atoms with van der Waals surface area (Å²) in [5, 5.41) is 0. The lowest BCUT2D eigenvalue weighted by atomic mass is 10.3. The SMILES string of the molecule is C.CCCC[N+]1(C)CCCC1. The molecule has 0 unspecified atom stereocenters. The zero-order valence-electron chi connectivity index (χ0n) is 7.40. The molecule has 0 bridgehead atoms. The Morgan fingerprint density at radius 1 is 1.18 bits per heavy atom. The Bertz CT molecular complexity index is 93.0. The van der Waals surface area contributed by atoms with Crippen LogP contribution < -0.4 is 0 Å². The van der Waals surface area contributed by atoms with E-state index in [1.807, 2.05) is 0 Å². The number of likely N-dealkylation sites (tertiary alicyclic amines) is 1. The maximum atomic E-state index is 2.41. The van der Waals surface area contributed by atoms with Gasteiger partial charge < -0.3 is 4.48 Å². The number of hydrogen-bond donors (Lipinski definition) is 0. The minimum absolute atomic E-state index is 0. The summed E-state index contributed by atoms with van der Waals surface area (Å²) in [6, 6.07) is 0. The molecule has 68 valence electrons. The van der Waals surface area contributed by atoms with E-state index in [9.17, 15) is 0 Å². The van der Waals surface area contributed by atoms with Crippen LogP contribution in [0.25, 0.3) is 0 Å². The third-order valence-corrected chi connectivity index (χ3v) is 2.70. The normalized spacial score (nSPS) is 21.3. The van der Waals surface area contributed by atoms with Crippen molar-refractivity contribution in [3.8, 4) is 0 Å². The molecule has 1 heterocycles. The summed E-state index contributed by atoms with van der Waals surface area (Å²) < 4.78 is 1.36. The number of nitrogens with zero attached hydrogens (tertiary/aromatic N) is 1. The molecule has 0 aromatic heterocycles. The molecule has 1 fully saturated rings. The van der Waals surface area contributed by atoms with E-state index in [4.69, 9.17) is 0 Å². The Kier molecular flexibility index (Phi) is 4.74. The van der Waals surface area contributed by atoms with Gasteiger partial charge in [-0.1, -0.05) is 20.8 Å². The average molecular weight is 158 g/mol. The first-order chi connectivity index (χ1) is 4.77. The van der Waals surface area contributed by atoms with Crippen molar-refractivity contribution in [2.45, 2.75) is 40.0 Å². The second kappa shape index (κ2) is 4.76. The second-order valence-corrected chi connectivity index (χ2v) is 3.85. The highest BCUT2D eigenvalue weighted by Gasteiger charge is 2.25. The van der Waals surface area contributed by atoms with Crippen molar-refractivity contribution >= 4 is 0 Å². The summed E-state index contributed by atoms with van der Waals surface area (Å²) in [5.74, 6) is 0. The molecule has 0 amide bonds. The van der Waals surface area contributed by atoms with Crippen LogP contribution in [0.2, 0.25) is 0 Å². The summed E-state index contributed by atoms with van der Waals surface area (Å²) in [7, 11) is 2.41. The third kappa shape index (κ3) is 3.24. The molecule has 0 aromatic rings. The molecule has 1 nitrogen and oxygen atoms in total. The maximum Gasteiger partial charge on any atom is 0.0786 e. The van der Waals surface area contributed by atoms with Crippen molar-refractivity contribution in [1.82, 2.24) is 0 Å². The Morgan fingerprint density at radius 2 is 1.73 bits per heavy atom. The molecule has 1 aliphatic heterocycles. The van der Waals surface area contributed by atoms with Crippen LogP contribution in [0, 0.1) is 0 Å². The first-order valence-electron chi connectivity index (χ1n) is 4.60. The summed E-state index contributed by atoms with van der Waals surface area (Å²) >= 11 is 0. The fourth-order valence-electron chi connectivity index (χ4n) is 1.86. The highest BCUT2D eigenvalue weighted by atomic mass is 15.3. The van der Waals surface area contributed by atoms with Gasteiger partial charge in [0.15, 0.2) is 0 Å². The van der Waals surface area contributed by atoms with Gasteiger partial charge in [-0.3, -0.25) is 0 Å². The quantitative estimate of drug-likeness (QED) is 0.554. The van der Waals surface area contributed by atoms with Gasteiger partial charge >= 0.3 is 0 Å². The summed E-state index contributed by atoms with van der Waals surface area (Å²) in [6.45, 7) is 6.55. The average Bonchev–Trinajstić information content (AvgIpc) is 2.33. The van der Waals surface area contributed by atoms with Gasteiger partial charge in [0, 0.05) is 12.8 Å². The molecule has 1 saturated heterocycles. The molecule has 0 saturated carbocycles. The minimum Gasteiger partial charge on any atom is -0.326 e. The van der Waals surface area contributed by atoms with Gasteiger partial charge in [0.1, 0.15) is 0 Å². The highest BCUT2D eigenvalue weighted by Crippen LogP contribution is 2.16. The minimum atomic E-state index is 0. The summed E-state index contributed by atoms with van der Waals surface area (Å²) in [6.07, 6.45) is 5.69. The molecule has 1 aliphatic rings. The van der Waals surface area contributed by atoms with Crippen molar-refractivity contribution in [3.63, 3.8) is 0 Å². The van der Waals surface area contributed by atoms with Crippen LogP contribution >= 0.6 is 0 Å². The van der Waals surface area contributed by atoms with Crippen LogP contribution in [0.5, 0.6) is 0 Å². The zero-order chi connectivity index (χ0) is 7.45. The highest BCUT2D eigenvalue weighted by molar-refractivity contribution is 4.51. The van der Waals surface area contributed by atoms with Crippen molar-refractivity contribution in [3.05, 3.63) is 0 Å². The van der Waals surface area contributed by atoms with Gasteiger partial charge in [-0.15, -0.1) is 0 Å². The van der Waals surface area contributed by atoms with Crippen LogP contribution in [0.3, 0.4) is 0 Å². The standard InChI is InChI=1S/C9H20N.CH4/c1-3-4-7-10(2)8-5-6-9-10;/h3-9H2,1-2H3;1H4/q+1;. The lowest BCUT2D eigenvalue weighted by Crippen LogP contribution is -2.41. The van der Waals surface area contributed by atoms with Crippen LogP contribution in [0.4, 0.5) is 0 Å². The van der Waals surface area contributed by atoms with Gasteiger partial charge in [-0.05, 0) is 6.42 Å². The van der Waals surface area contributed by atoms with E-state index in [0.717, 1.165) is 0 Å². The zero-order valence-corrected chi connectivity index (χ0v) is 7.40. The van der Waals surface area contributed by atoms with Crippen molar-refractivity contribution in [1.29, 1.82) is 0 Å². The molecule has 0 aliphatic carbocycles. The largest absolute Gasteiger partial charge is 0.326 e. The number of rotatable bonds is 3. The molecule has 0 N–H and O–H groups in total. The fourth-order valence-corrected chi connectivity index (χ4v) is 1.86. The van der Waals surface area contributed by atoms with E-state index in [1.165, 1.54) is 49.8 Å². The van der Waals surface area contributed by atoms with Crippen LogP contribution in [0.1, 0.15) is 40.0 Å². The Hall–Kier alpha value is -0.0400. The predicted molar refractivity (Wildman–Crippen MR) is 51.7 cm³/mol. The fraction of sp³-hybridized carbons (Fsp3) is 1.00. The first kappa shape index (κ1) is 11.0. The van der Waals surface area contributed by atoms with Gasteiger partial charge in [-0.2, -0.15) is 0 Å². The Labute approximate surface area is 72.0 Å². The maximum absolute atomic E-state index is 2.41. The monoisotopic (exact) mass is 158 g/mol. The van der Waals surface area contributed by atoms with Crippen molar-refractivity contribution < 1.29 is 4.48 Å². The lowest BCUT2D eigenvalue weighted by Gasteiger charge is -2.28. The van der Waals surface area contributed by atoms with Gasteiger partial charge in [0.05, 0.1) is 26.7 Å². The molecule has 0 aromatic carbocycles. The lowest BCUT2D eigenvalue weighted by molar-refractivity contribution is -0.897. The molecule has 11 heavy (non-hydrogen) atoms. The van der Waals surface area contributed by atoms with E-state index in [2.05, 4.69) is 14.0 Å². The number of hydrogen-bond acceptors (Lipinski definition) is 0. The Balaban J connectivity index is 0.000001000. The second-order valence-electron chi connectivity index (χ2n) is 3.85. The van der Waals surface area contributed by atoms with Crippen LogP contribution in [-0.2, 0) is 0 Å². The number of quaternary nitrogens is 1. The number of unbranched alkanes of at least 4 members (excludes halogenated alkanes) is 1. The third-order valence-electron chi connectivity index (χ3n) is 2.70. The smallest absolute Gasteiger partial charge is 0.0786 e. The Morgan fingerprint density at radius 3 is 2.18 bits per heavy atom. The molecule has 1 rings (SSSR count). The molecule has 1 heteroatoms. The predicted octanol–water partition coefficient (Wildman–Crippen LogP) is 2.66. The molecular formula is C10H24N+. The van der Waals surface area contributed by atoms with Gasteiger partial charge in [0.2, 0.25) is 0 Å². The summed E-state index contributed by atoms with van der Waals surface area (Å²) in [5.41, 5.74) is 0. The van der Waals surface area contributed by atoms with Crippen LogP contribution in [0.15, 0.2) is 0 Å². The van der Waals surface area contributed by atoms with Crippen LogP contribution in [-0.4, -0.2) is 31.2 Å². The van der Waals surface area contributed by atoms with E-state index in [1.54, 1.807) is 0 Å². The first-order valence-corrected chi connectivity index (χ1v) is 4.60.